The van der Waals surface area contributed by atoms with Gasteiger partial charge in [0.05, 0.1) is 13.2 Å². The summed E-state index contributed by atoms with van der Waals surface area (Å²) in [6.45, 7) is -0.119. The van der Waals surface area contributed by atoms with Crippen LogP contribution in [0.5, 0.6) is 0 Å². The zero-order chi connectivity index (χ0) is 28.9. The number of thioether (sulfide) groups is 1. The Labute approximate surface area is 237 Å². The van der Waals surface area contributed by atoms with Crippen molar-refractivity contribution in [1.82, 2.24) is 15.5 Å². The van der Waals surface area contributed by atoms with Gasteiger partial charge in [-0.1, -0.05) is 60.7 Å². The molecule has 1 heterocycles. The Hall–Kier alpha value is -3.90. The number of nitrogens with two attached hydrogens (primary N) is 1. The molecule has 40 heavy (non-hydrogen) atoms. The standard InChI is InChI=1S/C28H34N4O7S/c1-40-15-14-21(25(29)34)30-26(35)22(18-38-16-19-8-4-2-5-9-19)31-27(36)23-12-13-24(33)32(23)28(37)39-17-20-10-6-3-7-11-20/h2-11,21-23H,12-18H2,1H3,(H2,29,34)(H,30,35)(H,31,36)/t21-,22-,23+/m0/s1. The van der Waals surface area contributed by atoms with Gasteiger partial charge in [-0.3, -0.25) is 19.2 Å². The van der Waals surface area contributed by atoms with E-state index in [1.165, 1.54) is 11.8 Å². The fraction of sp³-hybridized carbons (Fsp3) is 0.393. The fourth-order valence-electron chi connectivity index (χ4n) is 4.06. The number of amides is 5. The monoisotopic (exact) mass is 570 g/mol. The van der Waals surface area contributed by atoms with Crippen molar-refractivity contribution in [3.8, 4) is 0 Å². The lowest BCUT2D eigenvalue weighted by atomic mass is 10.1. The summed E-state index contributed by atoms with van der Waals surface area (Å²) >= 11 is 1.49. The number of nitrogens with zero attached hydrogens (tertiary/aromatic N) is 1. The number of benzene rings is 2. The van der Waals surface area contributed by atoms with Crippen LogP contribution in [0.4, 0.5) is 4.79 Å². The van der Waals surface area contributed by atoms with Crippen molar-refractivity contribution in [2.24, 2.45) is 5.73 Å². The summed E-state index contributed by atoms with van der Waals surface area (Å²) in [6.07, 6.45) is 1.27. The van der Waals surface area contributed by atoms with Crippen LogP contribution >= 0.6 is 11.8 Å². The second-order valence-electron chi connectivity index (χ2n) is 9.17. The average molecular weight is 571 g/mol. The number of likely N-dealkylation sites (tertiary alicyclic amines) is 1. The minimum atomic E-state index is -1.22. The van der Waals surface area contributed by atoms with Crippen LogP contribution in [-0.4, -0.2) is 71.4 Å². The molecule has 3 atom stereocenters. The molecule has 2 aromatic carbocycles. The maximum absolute atomic E-state index is 13.3. The molecular formula is C28H34N4O7S. The van der Waals surface area contributed by atoms with Gasteiger partial charge in [0.25, 0.3) is 0 Å². The lowest BCUT2D eigenvalue weighted by Crippen LogP contribution is -2.57. The molecule has 0 saturated carbocycles. The summed E-state index contributed by atoms with van der Waals surface area (Å²) in [5, 5.41) is 5.17. The Morgan fingerprint density at radius 1 is 0.975 bits per heavy atom. The Morgan fingerprint density at radius 2 is 1.60 bits per heavy atom. The number of hydrogen-bond acceptors (Lipinski definition) is 8. The first-order valence-electron chi connectivity index (χ1n) is 12.8. The van der Waals surface area contributed by atoms with Gasteiger partial charge in [-0.15, -0.1) is 0 Å². The number of carbonyl (C=O) groups excluding carboxylic acids is 5. The van der Waals surface area contributed by atoms with E-state index in [2.05, 4.69) is 10.6 Å². The van der Waals surface area contributed by atoms with Gasteiger partial charge >= 0.3 is 6.09 Å². The lowest BCUT2D eigenvalue weighted by molar-refractivity contribution is -0.137. The van der Waals surface area contributed by atoms with Gasteiger partial charge in [0.1, 0.15) is 24.7 Å². The van der Waals surface area contributed by atoms with Crippen LogP contribution in [0.25, 0.3) is 0 Å². The zero-order valence-electron chi connectivity index (χ0n) is 22.2. The molecule has 1 aliphatic heterocycles. The van der Waals surface area contributed by atoms with Gasteiger partial charge in [-0.2, -0.15) is 11.8 Å². The first kappa shape index (κ1) is 30.6. The Bertz CT molecular complexity index is 1170. The number of rotatable bonds is 14. The van der Waals surface area contributed by atoms with E-state index in [1.807, 2.05) is 42.7 Å². The van der Waals surface area contributed by atoms with Crippen molar-refractivity contribution in [2.75, 3.05) is 18.6 Å². The first-order valence-corrected chi connectivity index (χ1v) is 14.2. The van der Waals surface area contributed by atoms with E-state index < -0.39 is 47.8 Å². The number of nitrogens with one attached hydrogen (secondary N) is 2. The maximum Gasteiger partial charge on any atom is 0.417 e. The molecule has 1 aliphatic rings. The van der Waals surface area contributed by atoms with E-state index in [0.717, 1.165) is 16.0 Å². The third-order valence-corrected chi connectivity index (χ3v) is 6.86. The highest BCUT2D eigenvalue weighted by Gasteiger charge is 2.42. The first-order chi connectivity index (χ1) is 19.3. The third kappa shape index (κ3) is 9.09. The summed E-state index contributed by atoms with van der Waals surface area (Å²) in [5.41, 5.74) is 7.04. The predicted octanol–water partition coefficient (Wildman–Crippen LogP) is 1.74. The van der Waals surface area contributed by atoms with E-state index in [4.69, 9.17) is 15.2 Å². The van der Waals surface area contributed by atoms with Crippen LogP contribution in [0, 0.1) is 0 Å². The zero-order valence-corrected chi connectivity index (χ0v) is 23.1. The summed E-state index contributed by atoms with van der Waals surface area (Å²) < 4.78 is 11.0. The fourth-order valence-corrected chi connectivity index (χ4v) is 4.53. The van der Waals surface area contributed by atoms with Gasteiger partial charge in [-0.25, -0.2) is 9.69 Å². The number of carbonyl (C=O) groups is 5. The van der Waals surface area contributed by atoms with E-state index in [-0.39, 0.29) is 32.7 Å². The Morgan fingerprint density at radius 3 is 2.20 bits per heavy atom. The van der Waals surface area contributed by atoms with Gasteiger partial charge in [0.2, 0.25) is 23.6 Å². The Balaban J connectivity index is 1.68. The van der Waals surface area contributed by atoms with E-state index in [1.54, 1.807) is 24.3 Å². The third-order valence-electron chi connectivity index (χ3n) is 6.22. The van der Waals surface area contributed by atoms with Crippen molar-refractivity contribution >= 4 is 41.5 Å². The second-order valence-corrected chi connectivity index (χ2v) is 10.2. The molecule has 0 aromatic heterocycles. The molecule has 0 bridgehead atoms. The number of imide groups is 1. The molecule has 5 amide bonds. The number of ether oxygens (including phenoxy) is 2. The van der Waals surface area contributed by atoms with Gasteiger partial charge in [0.15, 0.2) is 0 Å². The van der Waals surface area contributed by atoms with Crippen molar-refractivity contribution < 1.29 is 33.4 Å². The van der Waals surface area contributed by atoms with Crippen LogP contribution < -0.4 is 16.4 Å². The van der Waals surface area contributed by atoms with Gasteiger partial charge in [-0.05, 0) is 36.0 Å². The molecule has 0 unspecified atom stereocenters. The van der Waals surface area contributed by atoms with Crippen molar-refractivity contribution in [3.05, 3.63) is 71.8 Å². The highest BCUT2D eigenvalue weighted by molar-refractivity contribution is 7.98. The van der Waals surface area contributed by atoms with Crippen LogP contribution in [0.2, 0.25) is 0 Å². The second kappa shape index (κ2) is 15.6. The minimum absolute atomic E-state index is 0.0294. The summed E-state index contributed by atoms with van der Waals surface area (Å²) in [5.74, 6) is -2.06. The predicted molar refractivity (Wildman–Crippen MR) is 149 cm³/mol. The minimum Gasteiger partial charge on any atom is -0.444 e. The summed E-state index contributed by atoms with van der Waals surface area (Å²) in [7, 11) is 0. The molecular weight excluding hydrogens is 536 g/mol. The number of hydrogen-bond donors (Lipinski definition) is 3. The Kier molecular flexibility index (Phi) is 12.0. The molecule has 2 aromatic rings. The van der Waals surface area contributed by atoms with E-state index in [0.29, 0.717) is 12.2 Å². The molecule has 214 valence electrons. The molecule has 11 nitrogen and oxygen atoms in total. The number of primary amides is 1. The van der Waals surface area contributed by atoms with Crippen LogP contribution in [0.15, 0.2) is 60.7 Å². The van der Waals surface area contributed by atoms with Crippen LogP contribution in [0.1, 0.15) is 30.4 Å². The van der Waals surface area contributed by atoms with E-state index >= 15 is 0 Å². The van der Waals surface area contributed by atoms with Gasteiger partial charge in [0, 0.05) is 6.42 Å². The summed E-state index contributed by atoms with van der Waals surface area (Å²) in [4.78, 5) is 64.4. The molecule has 0 aliphatic carbocycles. The van der Waals surface area contributed by atoms with Crippen molar-refractivity contribution in [3.63, 3.8) is 0 Å². The van der Waals surface area contributed by atoms with E-state index in [9.17, 15) is 24.0 Å². The van der Waals surface area contributed by atoms with Crippen molar-refractivity contribution in [1.29, 1.82) is 0 Å². The molecule has 1 fully saturated rings. The van der Waals surface area contributed by atoms with Crippen LogP contribution in [0.3, 0.4) is 0 Å². The van der Waals surface area contributed by atoms with Crippen LogP contribution in [-0.2, 0) is 41.9 Å². The molecule has 0 radical (unpaired) electrons. The molecule has 4 N–H and O–H groups in total. The topological polar surface area (TPSA) is 157 Å². The SMILES string of the molecule is CSCC[C@H](NC(=O)[C@H](COCc1ccccc1)NC(=O)[C@H]1CCC(=O)N1C(=O)OCc1ccccc1)C(N)=O. The smallest absolute Gasteiger partial charge is 0.417 e. The summed E-state index contributed by atoms with van der Waals surface area (Å²) in [6, 6.07) is 14.8. The highest BCUT2D eigenvalue weighted by Crippen LogP contribution is 2.21. The van der Waals surface area contributed by atoms with Crippen molar-refractivity contribution in [2.45, 2.75) is 50.6 Å². The quantitative estimate of drug-likeness (QED) is 0.310. The molecule has 0 spiro atoms. The highest BCUT2D eigenvalue weighted by atomic mass is 32.2. The molecule has 3 rings (SSSR count). The maximum atomic E-state index is 13.3. The molecule has 1 saturated heterocycles. The molecule has 12 heteroatoms. The normalized spacial score (nSPS) is 16.2. The van der Waals surface area contributed by atoms with Gasteiger partial charge < -0.3 is 25.8 Å². The lowest BCUT2D eigenvalue weighted by Gasteiger charge is -2.26. The largest absolute Gasteiger partial charge is 0.444 e. The average Bonchev–Trinajstić information content (AvgIpc) is 3.35.